The lowest BCUT2D eigenvalue weighted by Gasteiger charge is -1.96. The van der Waals surface area contributed by atoms with E-state index in [1.165, 1.54) is 6.33 Å². The van der Waals surface area contributed by atoms with Gasteiger partial charge in [-0.25, -0.2) is 4.98 Å². The molecule has 0 saturated carbocycles. The second-order valence-corrected chi connectivity index (χ2v) is 1.87. The number of carbonyl (C=O) groups is 1. The van der Waals surface area contributed by atoms with Gasteiger partial charge in [0, 0.05) is 6.42 Å². The predicted molar refractivity (Wildman–Crippen MR) is 37.5 cm³/mol. The fourth-order valence-electron chi connectivity index (χ4n) is 0.563. The number of rotatable bonds is 2. The summed E-state index contributed by atoms with van der Waals surface area (Å²) in [4.78, 5) is 17.2. The van der Waals surface area contributed by atoms with Crippen LogP contribution in [0.1, 0.15) is 13.3 Å². The molecular formula is C6H9N3O. The Kier molecular flexibility index (Phi) is 2.04. The average molecular weight is 139 g/mol. The minimum atomic E-state index is -0.00995. The molecular weight excluding hydrogens is 130 g/mol. The highest BCUT2D eigenvalue weighted by atomic mass is 16.1. The topological polar surface area (TPSA) is 57.8 Å². The zero-order valence-corrected chi connectivity index (χ0v) is 5.72. The fourth-order valence-corrected chi connectivity index (χ4v) is 0.563. The molecule has 4 heteroatoms. The molecule has 0 bridgehead atoms. The van der Waals surface area contributed by atoms with Crippen LogP contribution >= 0.6 is 0 Å². The van der Waals surface area contributed by atoms with Crippen molar-refractivity contribution in [2.45, 2.75) is 13.3 Å². The lowest BCUT2D eigenvalue weighted by molar-refractivity contribution is -0.115. The summed E-state index contributed by atoms with van der Waals surface area (Å²) in [6.07, 6.45) is 3.57. The molecule has 1 aromatic heterocycles. The maximum atomic E-state index is 10.7. The Labute approximate surface area is 58.7 Å². The minimum absolute atomic E-state index is 0.00995. The third-order valence-corrected chi connectivity index (χ3v) is 1.09. The Morgan fingerprint density at radius 3 is 3.20 bits per heavy atom. The first-order valence-corrected chi connectivity index (χ1v) is 3.11. The Bertz CT molecular complexity index is 205. The number of H-pyrrole nitrogens is 1. The molecule has 4 nitrogen and oxygen atoms in total. The maximum Gasteiger partial charge on any atom is 0.225 e. The van der Waals surface area contributed by atoms with Crippen LogP contribution in [0, 0.1) is 0 Å². The molecule has 54 valence electrons. The number of hydrogen-bond donors (Lipinski definition) is 2. The molecule has 1 amide bonds. The summed E-state index contributed by atoms with van der Waals surface area (Å²) in [5, 5.41) is 2.61. The first kappa shape index (κ1) is 6.80. The van der Waals surface area contributed by atoms with Crippen LogP contribution in [0.25, 0.3) is 0 Å². The molecule has 0 aliphatic heterocycles. The summed E-state index contributed by atoms with van der Waals surface area (Å²) < 4.78 is 0. The van der Waals surface area contributed by atoms with Crippen LogP contribution in [0.3, 0.4) is 0 Å². The van der Waals surface area contributed by atoms with E-state index in [9.17, 15) is 4.79 Å². The molecule has 0 saturated heterocycles. The van der Waals surface area contributed by atoms with Crippen molar-refractivity contribution in [1.82, 2.24) is 9.97 Å². The molecule has 0 unspecified atom stereocenters. The highest BCUT2D eigenvalue weighted by Gasteiger charge is 1.97. The summed E-state index contributed by atoms with van der Waals surface area (Å²) in [6, 6.07) is 0. The molecule has 10 heavy (non-hydrogen) atoms. The van der Waals surface area contributed by atoms with Gasteiger partial charge < -0.3 is 10.3 Å². The first-order chi connectivity index (χ1) is 4.83. The van der Waals surface area contributed by atoms with Gasteiger partial charge in [0.1, 0.15) is 5.82 Å². The Morgan fingerprint density at radius 2 is 2.70 bits per heavy atom. The van der Waals surface area contributed by atoms with Crippen LogP contribution in [0.5, 0.6) is 0 Å². The van der Waals surface area contributed by atoms with Gasteiger partial charge in [0.25, 0.3) is 0 Å². The second kappa shape index (κ2) is 3.00. The van der Waals surface area contributed by atoms with Crippen molar-refractivity contribution < 1.29 is 4.79 Å². The van der Waals surface area contributed by atoms with Crippen molar-refractivity contribution in [3.63, 3.8) is 0 Å². The molecule has 0 aliphatic rings. The Morgan fingerprint density at radius 1 is 1.90 bits per heavy atom. The lowest BCUT2D eigenvalue weighted by Crippen LogP contribution is -2.09. The number of nitrogens with zero attached hydrogens (tertiary/aromatic N) is 1. The van der Waals surface area contributed by atoms with Crippen LogP contribution in [0.15, 0.2) is 12.5 Å². The number of carbonyl (C=O) groups excluding carboxylic acids is 1. The number of amides is 1. The molecule has 0 aliphatic carbocycles. The van der Waals surface area contributed by atoms with Crippen LogP contribution < -0.4 is 5.32 Å². The van der Waals surface area contributed by atoms with E-state index in [-0.39, 0.29) is 5.91 Å². The van der Waals surface area contributed by atoms with Gasteiger partial charge in [0.05, 0.1) is 12.5 Å². The highest BCUT2D eigenvalue weighted by molar-refractivity contribution is 5.89. The normalized spacial score (nSPS) is 9.30. The van der Waals surface area contributed by atoms with Gasteiger partial charge in [0.15, 0.2) is 0 Å². The number of anilines is 1. The molecule has 2 N–H and O–H groups in total. The van der Waals surface area contributed by atoms with Gasteiger partial charge in [-0.05, 0) is 0 Å². The Balaban J connectivity index is 2.48. The maximum absolute atomic E-state index is 10.7. The first-order valence-electron chi connectivity index (χ1n) is 3.11. The monoisotopic (exact) mass is 139 g/mol. The van der Waals surface area contributed by atoms with E-state index in [2.05, 4.69) is 15.3 Å². The zero-order valence-electron chi connectivity index (χ0n) is 5.72. The van der Waals surface area contributed by atoms with E-state index < -0.39 is 0 Å². The van der Waals surface area contributed by atoms with Crippen LogP contribution in [0.4, 0.5) is 5.82 Å². The smallest absolute Gasteiger partial charge is 0.225 e. The molecule has 1 heterocycles. The quantitative estimate of drug-likeness (QED) is 0.635. The van der Waals surface area contributed by atoms with Crippen molar-refractivity contribution in [3.05, 3.63) is 12.5 Å². The van der Waals surface area contributed by atoms with Crippen LogP contribution in [0.2, 0.25) is 0 Å². The fraction of sp³-hybridized carbons (Fsp3) is 0.333. The van der Waals surface area contributed by atoms with Crippen molar-refractivity contribution in [3.8, 4) is 0 Å². The molecule has 1 aromatic rings. The summed E-state index contributed by atoms with van der Waals surface area (Å²) in [5.74, 6) is 0.635. The van der Waals surface area contributed by atoms with Crippen molar-refractivity contribution in [2.24, 2.45) is 0 Å². The average Bonchev–Trinajstić information content (AvgIpc) is 2.40. The number of hydrogen-bond acceptors (Lipinski definition) is 2. The van der Waals surface area contributed by atoms with Gasteiger partial charge in [0.2, 0.25) is 5.91 Å². The molecule has 0 atom stereocenters. The SMILES string of the molecule is CCC(=O)Nc1cnc[nH]1. The number of aromatic nitrogens is 2. The number of imidazole rings is 1. The van der Waals surface area contributed by atoms with E-state index in [0.29, 0.717) is 12.2 Å². The summed E-state index contributed by atoms with van der Waals surface area (Å²) in [5.41, 5.74) is 0. The Hall–Kier alpha value is -1.32. The van der Waals surface area contributed by atoms with Crippen LogP contribution in [-0.4, -0.2) is 15.9 Å². The van der Waals surface area contributed by atoms with Crippen molar-refractivity contribution in [1.29, 1.82) is 0 Å². The van der Waals surface area contributed by atoms with E-state index in [0.717, 1.165) is 0 Å². The third kappa shape index (κ3) is 1.58. The number of nitrogens with one attached hydrogen (secondary N) is 2. The van der Waals surface area contributed by atoms with Crippen molar-refractivity contribution in [2.75, 3.05) is 5.32 Å². The third-order valence-electron chi connectivity index (χ3n) is 1.09. The summed E-state index contributed by atoms with van der Waals surface area (Å²) in [7, 11) is 0. The predicted octanol–water partition coefficient (Wildman–Crippen LogP) is 0.758. The van der Waals surface area contributed by atoms with Crippen LogP contribution in [-0.2, 0) is 4.79 Å². The number of aromatic amines is 1. The zero-order chi connectivity index (χ0) is 7.40. The summed E-state index contributed by atoms with van der Waals surface area (Å²) >= 11 is 0. The van der Waals surface area contributed by atoms with Gasteiger partial charge >= 0.3 is 0 Å². The standard InChI is InChI=1S/C6H9N3O/c1-2-6(10)9-5-3-7-4-8-5/h3-4H,2H2,1H3,(H,7,8)(H,9,10). The van der Waals surface area contributed by atoms with Crippen molar-refractivity contribution >= 4 is 11.7 Å². The molecule has 1 rings (SSSR count). The highest BCUT2D eigenvalue weighted by Crippen LogP contribution is 1.97. The molecule has 0 spiro atoms. The van der Waals surface area contributed by atoms with E-state index in [1.807, 2.05) is 0 Å². The second-order valence-electron chi connectivity index (χ2n) is 1.87. The molecule has 0 radical (unpaired) electrons. The largest absolute Gasteiger partial charge is 0.331 e. The lowest BCUT2D eigenvalue weighted by atomic mass is 10.4. The van der Waals surface area contributed by atoms with Gasteiger partial charge in [-0.2, -0.15) is 0 Å². The van der Waals surface area contributed by atoms with E-state index >= 15 is 0 Å². The molecule has 0 fully saturated rings. The van der Waals surface area contributed by atoms with Gasteiger partial charge in [-0.3, -0.25) is 4.79 Å². The minimum Gasteiger partial charge on any atom is -0.331 e. The summed E-state index contributed by atoms with van der Waals surface area (Å²) in [6.45, 7) is 1.80. The van der Waals surface area contributed by atoms with Gasteiger partial charge in [-0.1, -0.05) is 6.92 Å². The molecule has 0 aromatic carbocycles. The van der Waals surface area contributed by atoms with Gasteiger partial charge in [-0.15, -0.1) is 0 Å². The van der Waals surface area contributed by atoms with E-state index in [1.54, 1.807) is 13.1 Å². The van der Waals surface area contributed by atoms with E-state index in [4.69, 9.17) is 0 Å².